The molecule has 0 amide bonds. The molecule has 1 saturated heterocycles. The third-order valence-corrected chi connectivity index (χ3v) is 5.70. The lowest BCUT2D eigenvalue weighted by Crippen LogP contribution is -2.45. The van der Waals surface area contributed by atoms with Crippen LogP contribution in [0.5, 0.6) is 0 Å². The van der Waals surface area contributed by atoms with Gasteiger partial charge in [0.25, 0.3) is 0 Å². The van der Waals surface area contributed by atoms with Crippen LogP contribution in [-0.2, 0) is 10.0 Å². The first kappa shape index (κ1) is 14.7. The van der Waals surface area contributed by atoms with E-state index in [1.165, 1.54) is 4.31 Å². The Morgan fingerprint density at radius 1 is 1.42 bits per heavy atom. The first-order valence-corrected chi connectivity index (χ1v) is 7.86. The van der Waals surface area contributed by atoms with E-state index in [1.54, 1.807) is 0 Å². The van der Waals surface area contributed by atoms with Crippen LogP contribution in [0.4, 0.5) is 4.39 Å². The molecule has 0 spiro atoms. The van der Waals surface area contributed by atoms with Crippen LogP contribution in [0.15, 0.2) is 23.1 Å². The quantitative estimate of drug-likeness (QED) is 0.929. The highest BCUT2D eigenvalue weighted by atomic mass is 35.5. The predicted octanol–water partition coefficient (Wildman–Crippen LogP) is 2.01. The molecule has 106 valence electrons. The van der Waals surface area contributed by atoms with Crippen LogP contribution in [0.2, 0.25) is 5.02 Å². The van der Waals surface area contributed by atoms with E-state index in [0.717, 1.165) is 31.0 Å². The van der Waals surface area contributed by atoms with E-state index in [0.29, 0.717) is 13.0 Å². The highest BCUT2D eigenvalue weighted by Gasteiger charge is 2.34. The number of rotatable bonds is 3. The van der Waals surface area contributed by atoms with Gasteiger partial charge in [-0.1, -0.05) is 18.0 Å². The first-order valence-electron chi connectivity index (χ1n) is 6.04. The van der Waals surface area contributed by atoms with Crippen LogP contribution in [-0.4, -0.2) is 37.0 Å². The number of halogens is 2. The summed E-state index contributed by atoms with van der Waals surface area (Å²) in [6.45, 7) is 0.124. The number of sulfonamides is 1. The molecule has 0 aromatic heterocycles. The number of nitrogens with zero attached hydrogens (tertiary/aromatic N) is 1. The summed E-state index contributed by atoms with van der Waals surface area (Å²) in [5, 5.41) is 9.15. The summed E-state index contributed by atoms with van der Waals surface area (Å²) in [6.07, 6.45) is 2.25. The maximum atomic E-state index is 13.0. The van der Waals surface area contributed by atoms with Crippen LogP contribution in [0.1, 0.15) is 19.3 Å². The molecule has 1 N–H and O–H groups in total. The molecule has 1 unspecified atom stereocenters. The SMILES string of the molecule is O=S(=O)(c1ccc(F)cc1Cl)N1CCCCC1CO. The van der Waals surface area contributed by atoms with Crippen molar-refractivity contribution < 1.29 is 17.9 Å². The third kappa shape index (κ3) is 2.91. The maximum Gasteiger partial charge on any atom is 0.244 e. The fraction of sp³-hybridized carbons (Fsp3) is 0.500. The lowest BCUT2D eigenvalue weighted by molar-refractivity contribution is 0.155. The van der Waals surface area contributed by atoms with E-state index >= 15 is 0 Å². The molecular formula is C12H15ClFNO3S. The first-order chi connectivity index (χ1) is 8.96. The molecule has 1 aliphatic rings. The summed E-state index contributed by atoms with van der Waals surface area (Å²) < 4.78 is 39.2. The molecule has 1 aliphatic heterocycles. The Bertz CT molecular complexity index is 564. The van der Waals surface area contributed by atoms with Crippen molar-refractivity contribution in [2.24, 2.45) is 0 Å². The zero-order chi connectivity index (χ0) is 14.0. The molecule has 1 atom stereocenters. The Kier molecular flexibility index (Phi) is 4.45. The van der Waals surface area contributed by atoms with E-state index in [-0.39, 0.29) is 16.5 Å². The van der Waals surface area contributed by atoms with Crippen molar-refractivity contribution in [2.75, 3.05) is 13.2 Å². The van der Waals surface area contributed by atoms with E-state index in [2.05, 4.69) is 0 Å². The minimum atomic E-state index is -3.80. The van der Waals surface area contributed by atoms with Gasteiger partial charge in [-0.05, 0) is 31.0 Å². The van der Waals surface area contributed by atoms with Gasteiger partial charge in [0.2, 0.25) is 10.0 Å². The van der Waals surface area contributed by atoms with Gasteiger partial charge in [0.1, 0.15) is 10.7 Å². The molecule has 1 aromatic rings. The third-order valence-electron chi connectivity index (χ3n) is 3.26. The number of aliphatic hydroxyl groups excluding tert-OH is 1. The van der Waals surface area contributed by atoms with E-state index < -0.39 is 21.9 Å². The second-order valence-electron chi connectivity index (χ2n) is 4.52. The van der Waals surface area contributed by atoms with Gasteiger partial charge in [-0.25, -0.2) is 12.8 Å². The topological polar surface area (TPSA) is 57.6 Å². The molecule has 0 bridgehead atoms. The second-order valence-corrected chi connectivity index (χ2v) is 6.79. The van der Waals surface area contributed by atoms with Gasteiger partial charge in [-0.2, -0.15) is 4.31 Å². The molecule has 7 heteroatoms. The van der Waals surface area contributed by atoms with Crippen LogP contribution >= 0.6 is 11.6 Å². The molecule has 1 fully saturated rings. The Morgan fingerprint density at radius 3 is 2.79 bits per heavy atom. The lowest BCUT2D eigenvalue weighted by Gasteiger charge is -2.33. The van der Waals surface area contributed by atoms with Gasteiger partial charge in [-0.3, -0.25) is 0 Å². The number of aliphatic hydroxyl groups is 1. The van der Waals surface area contributed by atoms with Crippen molar-refractivity contribution in [3.8, 4) is 0 Å². The summed E-state index contributed by atoms with van der Waals surface area (Å²) in [4.78, 5) is -0.115. The largest absolute Gasteiger partial charge is 0.395 e. The average Bonchev–Trinajstić information content (AvgIpc) is 2.38. The molecule has 4 nitrogen and oxygen atoms in total. The monoisotopic (exact) mass is 307 g/mol. The van der Waals surface area contributed by atoms with Gasteiger partial charge in [0.15, 0.2) is 0 Å². The highest BCUT2D eigenvalue weighted by molar-refractivity contribution is 7.89. The molecule has 0 radical (unpaired) electrons. The highest BCUT2D eigenvalue weighted by Crippen LogP contribution is 2.29. The van der Waals surface area contributed by atoms with Gasteiger partial charge in [-0.15, -0.1) is 0 Å². The number of piperidine rings is 1. The van der Waals surface area contributed by atoms with Gasteiger partial charge in [0, 0.05) is 12.6 Å². The predicted molar refractivity (Wildman–Crippen MR) is 70.0 cm³/mol. The van der Waals surface area contributed by atoms with Crippen molar-refractivity contribution in [3.05, 3.63) is 29.0 Å². The van der Waals surface area contributed by atoms with Crippen LogP contribution < -0.4 is 0 Å². The molecule has 1 heterocycles. The lowest BCUT2D eigenvalue weighted by atomic mass is 10.1. The van der Waals surface area contributed by atoms with Gasteiger partial charge < -0.3 is 5.11 Å². The maximum absolute atomic E-state index is 13.0. The van der Waals surface area contributed by atoms with Crippen LogP contribution in [0.25, 0.3) is 0 Å². The van der Waals surface area contributed by atoms with Crippen molar-refractivity contribution in [3.63, 3.8) is 0 Å². The van der Waals surface area contributed by atoms with Gasteiger partial charge in [0.05, 0.1) is 11.6 Å². The minimum absolute atomic E-state index is 0.115. The zero-order valence-corrected chi connectivity index (χ0v) is 11.8. The Morgan fingerprint density at radius 2 is 2.16 bits per heavy atom. The Balaban J connectivity index is 2.40. The van der Waals surface area contributed by atoms with Crippen molar-refractivity contribution >= 4 is 21.6 Å². The number of hydrogen-bond acceptors (Lipinski definition) is 3. The van der Waals surface area contributed by atoms with Crippen LogP contribution in [0.3, 0.4) is 0 Å². The number of hydrogen-bond donors (Lipinski definition) is 1. The Labute approximate surface area is 116 Å². The van der Waals surface area contributed by atoms with Gasteiger partial charge >= 0.3 is 0 Å². The molecule has 1 aromatic carbocycles. The summed E-state index contributed by atoms with van der Waals surface area (Å²) in [5.74, 6) is -0.582. The molecule has 0 saturated carbocycles. The smallest absolute Gasteiger partial charge is 0.244 e. The average molecular weight is 308 g/mol. The van der Waals surface area contributed by atoms with Crippen molar-refractivity contribution in [1.82, 2.24) is 4.31 Å². The van der Waals surface area contributed by atoms with E-state index in [1.807, 2.05) is 0 Å². The van der Waals surface area contributed by atoms with E-state index in [9.17, 15) is 17.9 Å². The molecule has 2 rings (SSSR count). The fourth-order valence-electron chi connectivity index (χ4n) is 2.28. The molecular weight excluding hydrogens is 293 g/mol. The fourth-order valence-corrected chi connectivity index (χ4v) is 4.48. The molecule has 19 heavy (non-hydrogen) atoms. The van der Waals surface area contributed by atoms with E-state index in [4.69, 9.17) is 11.6 Å². The summed E-state index contributed by atoms with van der Waals surface area (Å²) in [7, 11) is -3.80. The summed E-state index contributed by atoms with van der Waals surface area (Å²) in [5.41, 5.74) is 0. The van der Waals surface area contributed by atoms with Crippen molar-refractivity contribution in [1.29, 1.82) is 0 Å². The zero-order valence-electron chi connectivity index (χ0n) is 10.2. The number of benzene rings is 1. The van der Waals surface area contributed by atoms with Crippen molar-refractivity contribution in [2.45, 2.75) is 30.2 Å². The Hall–Kier alpha value is -0.690. The standard InChI is InChI=1S/C12H15ClFNO3S/c13-11-7-9(14)4-5-12(11)19(17,18)15-6-2-1-3-10(15)8-16/h4-5,7,10,16H,1-3,6,8H2. The summed E-state index contributed by atoms with van der Waals surface area (Å²) >= 11 is 5.82. The summed E-state index contributed by atoms with van der Waals surface area (Å²) in [6, 6.07) is 2.78. The normalized spacial score (nSPS) is 21.5. The van der Waals surface area contributed by atoms with Crippen LogP contribution in [0, 0.1) is 5.82 Å². The second kappa shape index (κ2) is 5.75. The molecule has 0 aliphatic carbocycles. The minimum Gasteiger partial charge on any atom is -0.395 e.